The number of nitro groups is 1. The number of carbonyl (C=O) groups excluding carboxylic acids is 2. The number of nitrogens with zero attached hydrogens (tertiary/aromatic N) is 2. The zero-order chi connectivity index (χ0) is 19.8. The number of amides is 1. The van der Waals surface area contributed by atoms with Crippen molar-refractivity contribution in [3.63, 3.8) is 0 Å². The van der Waals surface area contributed by atoms with Crippen LogP contribution in [0.15, 0.2) is 48.5 Å². The first kappa shape index (κ1) is 19.9. The first-order valence-corrected chi connectivity index (χ1v) is 8.35. The second kappa shape index (κ2) is 9.33. The predicted octanol–water partition coefficient (Wildman–Crippen LogP) is 3.36. The van der Waals surface area contributed by atoms with Gasteiger partial charge in [0, 0.05) is 37.3 Å². The van der Waals surface area contributed by atoms with Crippen LogP contribution in [0.4, 0.5) is 17.1 Å². The number of nitro benzene ring substituents is 1. The van der Waals surface area contributed by atoms with Crippen molar-refractivity contribution in [2.24, 2.45) is 0 Å². The number of carbonyl (C=O) groups is 2. The van der Waals surface area contributed by atoms with Crippen LogP contribution in [0.2, 0.25) is 0 Å². The Hall–Kier alpha value is -3.42. The van der Waals surface area contributed by atoms with E-state index in [2.05, 4.69) is 10.1 Å². The predicted molar refractivity (Wildman–Crippen MR) is 101 cm³/mol. The van der Waals surface area contributed by atoms with Crippen molar-refractivity contribution >= 4 is 28.9 Å². The molecule has 0 atom stereocenters. The van der Waals surface area contributed by atoms with Crippen LogP contribution < -0.4 is 5.32 Å². The van der Waals surface area contributed by atoms with Crippen molar-refractivity contribution < 1.29 is 19.2 Å². The maximum absolute atomic E-state index is 12.5. The number of benzene rings is 2. The lowest BCUT2D eigenvalue weighted by molar-refractivity contribution is -0.383. The standard InChI is InChI=1S/C19H21N3O5/c1-21(12-6-9-18(23)27-2)19(24)14-10-11-16(17(13-14)22(25)26)20-15-7-4-3-5-8-15/h3-5,7-8,10-11,13,20H,6,9,12H2,1-2H3. The van der Waals surface area contributed by atoms with Crippen LogP contribution in [0.3, 0.4) is 0 Å². The smallest absolute Gasteiger partial charge is 0.305 e. The quantitative estimate of drug-likeness (QED) is 0.434. The highest BCUT2D eigenvalue weighted by Gasteiger charge is 2.20. The molecular formula is C19H21N3O5. The van der Waals surface area contributed by atoms with E-state index in [4.69, 9.17) is 0 Å². The minimum Gasteiger partial charge on any atom is -0.469 e. The van der Waals surface area contributed by atoms with Gasteiger partial charge in [-0.1, -0.05) is 18.2 Å². The van der Waals surface area contributed by atoms with Crippen molar-refractivity contribution in [1.29, 1.82) is 0 Å². The van der Waals surface area contributed by atoms with E-state index in [1.54, 1.807) is 19.2 Å². The summed E-state index contributed by atoms with van der Waals surface area (Å²) in [6, 6.07) is 13.4. The Bertz CT molecular complexity index is 823. The Morgan fingerprint density at radius 2 is 1.89 bits per heavy atom. The SMILES string of the molecule is COC(=O)CCCN(C)C(=O)c1ccc(Nc2ccccc2)c([N+](=O)[O-])c1. The van der Waals surface area contributed by atoms with Gasteiger partial charge in [-0.15, -0.1) is 0 Å². The molecule has 0 aliphatic heterocycles. The highest BCUT2D eigenvalue weighted by Crippen LogP contribution is 2.29. The fourth-order valence-electron chi connectivity index (χ4n) is 2.48. The number of rotatable bonds is 8. The lowest BCUT2D eigenvalue weighted by atomic mass is 10.1. The maximum Gasteiger partial charge on any atom is 0.305 e. The van der Waals surface area contributed by atoms with E-state index in [1.165, 1.54) is 30.2 Å². The summed E-state index contributed by atoms with van der Waals surface area (Å²) in [7, 11) is 2.89. The minimum absolute atomic E-state index is 0.187. The van der Waals surface area contributed by atoms with Crippen LogP contribution in [0.25, 0.3) is 0 Å². The van der Waals surface area contributed by atoms with E-state index in [9.17, 15) is 19.7 Å². The normalized spacial score (nSPS) is 10.1. The summed E-state index contributed by atoms with van der Waals surface area (Å²) >= 11 is 0. The van der Waals surface area contributed by atoms with E-state index in [0.29, 0.717) is 24.3 Å². The van der Waals surface area contributed by atoms with Crippen LogP contribution in [0.1, 0.15) is 23.2 Å². The fraction of sp³-hybridized carbons (Fsp3) is 0.263. The second-order valence-corrected chi connectivity index (χ2v) is 5.89. The topological polar surface area (TPSA) is 102 Å². The molecule has 2 aromatic rings. The largest absolute Gasteiger partial charge is 0.469 e. The Morgan fingerprint density at radius 1 is 1.19 bits per heavy atom. The molecule has 0 aromatic heterocycles. The highest BCUT2D eigenvalue weighted by molar-refractivity contribution is 5.95. The zero-order valence-electron chi connectivity index (χ0n) is 15.2. The van der Waals surface area contributed by atoms with Crippen LogP contribution >= 0.6 is 0 Å². The van der Waals surface area contributed by atoms with Crippen LogP contribution in [-0.2, 0) is 9.53 Å². The zero-order valence-corrected chi connectivity index (χ0v) is 15.2. The summed E-state index contributed by atoms with van der Waals surface area (Å²) in [5.74, 6) is -0.697. The van der Waals surface area contributed by atoms with Gasteiger partial charge in [0.05, 0.1) is 12.0 Å². The van der Waals surface area contributed by atoms with Crippen molar-refractivity contribution in [1.82, 2.24) is 4.90 Å². The monoisotopic (exact) mass is 371 g/mol. The molecule has 8 heteroatoms. The van der Waals surface area contributed by atoms with Crippen molar-refractivity contribution in [2.45, 2.75) is 12.8 Å². The third-order valence-electron chi connectivity index (χ3n) is 3.94. The molecular weight excluding hydrogens is 350 g/mol. The molecule has 0 heterocycles. The fourth-order valence-corrected chi connectivity index (χ4v) is 2.48. The molecule has 0 aliphatic carbocycles. The molecule has 1 N–H and O–H groups in total. The van der Waals surface area contributed by atoms with Gasteiger partial charge in [-0.25, -0.2) is 0 Å². The summed E-state index contributed by atoms with van der Waals surface area (Å²) in [4.78, 5) is 36.0. The molecule has 0 aliphatic rings. The first-order valence-electron chi connectivity index (χ1n) is 8.35. The van der Waals surface area contributed by atoms with Crippen molar-refractivity contribution in [3.8, 4) is 0 Å². The molecule has 0 unspecified atom stereocenters. The third-order valence-corrected chi connectivity index (χ3v) is 3.94. The number of ether oxygens (including phenoxy) is 1. The first-order chi connectivity index (χ1) is 12.9. The molecule has 1 amide bonds. The number of methoxy groups -OCH3 is 1. The van der Waals surface area contributed by atoms with Gasteiger partial charge >= 0.3 is 5.97 Å². The number of esters is 1. The average Bonchev–Trinajstić information content (AvgIpc) is 2.68. The molecule has 2 rings (SSSR count). The maximum atomic E-state index is 12.5. The summed E-state index contributed by atoms with van der Waals surface area (Å²) in [6.45, 7) is 0.339. The lowest BCUT2D eigenvalue weighted by Crippen LogP contribution is -2.28. The number of hydrogen-bond acceptors (Lipinski definition) is 6. The molecule has 0 radical (unpaired) electrons. The summed E-state index contributed by atoms with van der Waals surface area (Å²) in [5, 5.41) is 14.4. The van der Waals surface area contributed by atoms with Gasteiger partial charge in [0.15, 0.2) is 0 Å². The Labute approximate surface area is 156 Å². The molecule has 0 spiro atoms. The van der Waals surface area contributed by atoms with Gasteiger partial charge in [-0.2, -0.15) is 0 Å². The van der Waals surface area contributed by atoms with Crippen LogP contribution in [-0.4, -0.2) is 42.4 Å². The van der Waals surface area contributed by atoms with Gasteiger partial charge in [0.2, 0.25) is 0 Å². The molecule has 8 nitrogen and oxygen atoms in total. The Morgan fingerprint density at radius 3 is 2.52 bits per heavy atom. The molecule has 2 aromatic carbocycles. The van der Waals surface area contributed by atoms with E-state index in [0.717, 1.165) is 0 Å². The molecule has 142 valence electrons. The minimum atomic E-state index is -0.528. The number of nitrogens with one attached hydrogen (secondary N) is 1. The van der Waals surface area contributed by atoms with Crippen molar-refractivity contribution in [2.75, 3.05) is 26.0 Å². The lowest BCUT2D eigenvalue weighted by Gasteiger charge is -2.17. The van der Waals surface area contributed by atoms with Crippen LogP contribution in [0.5, 0.6) is 0 Å². The van der Waals surface area contributed by atoms with E-state index in [1.807, 2.05) is 18.2 Å². The highest BCUT2D eigenvalue weighted by atomic mass is 16.6. The van der Waals surface area contributed by atoms with Crippen LogP contribution in [0, 0.1) is 10.1 Å². The summed E-state index contributed by atoms with van der Waals surface area (Å²) in [6.07, 6.45) is 0.652. The molecule has 0 bridgehead atoms. The Balaban J connectivity index is 2.13. The van der Waals surface area contributed by atoms with E-state index in [-0.39, 0.29) is 29.5 Å². The van der Waals surface area contributed by atoms with E-state index < -0.39 is 4.92 Å². The Kier molecular flexibility index (Phi) is 6.87. The average molecular weight is 371 g/mol. The molecule has 0 fully saturated rings. The van der Waals surface area contributed by atoms with Gasteiger partial charge < -0.3 is 15.0 Å². The second-order valence-electron chi connectivity index (χ2n) is 5.89. The number of anilines is 2. The molecule has 27 heavy (non-hydrogen) atoms. The molecule has 0 saturated heterocycles. The van der Waals surface area contributed by atoms with E-state index >= 15 is 0 Å². The van der Waals surface area contributed by atoms with Gasteiger partial charge in [-0.3, -0.25) is 19.7 Å². The number of para-hydroxylation sites is 1. The third kappa shape index (κ3) is 5.53. The summed E-state index contributed by atoms with van der Waals surface area (Å²) < 4.78 is 4.56. The van der Waals surface area contributed by atoms with Crippen molar-refractivity contribution in [3.05, 3.63) is 64.2 Å². The van der Waals surface area contributed by atoms with Gasteiger partial charge in [0.1, 0.15) is 5.69 Å². The van der Waals surface area contributed by atoms with Gasteiger partial charge in [0.25, 0.3) is 11.6 Å². The number of hydrogen-bond donors (Lipinski definition) is 1. The molecule has 0 saturated carbocycles. The van der Waals surface area contributed by atoms with Gasteiger partial charge in [-0.05, 0) is 30.7 Å². The summed E-state index contributed by atoms with van der Waals surface area (Å²) in [5.41, 5.74) is 1.03.